The number of hydrogen-bond acceptors (Lipinski definition) is 8. The van der Waals surface area contributed by atoms with Crippen LogP contribution < -0.4 is 20.3 Å². The molecular weight excluding hydrogens is 524 g/mol. The van der Waals surface area contributed by atoms with Crippen LogP contribution in [0.3, 0.4) is 0 Å². The third-order valence-electron chi connectivity index (χ3n) is 9.21. The topological polar surface area (TPSA) is 83.4 Å². The van der Waals surface area contributed by atoms with Crippen molar-refractivity contribution in [2.75, 3.05) is 62.9 Å². The summed E-state index contributed by atoms with van der Waals surface area (Å²) < 4.78 is 7.93. The third kappa shape index (κ3) is 5.75. The van der Waals surface area contributed by atoms with Gasteiger partial charge in [0.1, 0.15) is 17.9 Å². The van der Waals surface area contributed by atoms with E-state index in [1.165, 1.54) is 44.5 Å². The maximum Gasteiger partial charge on any atom is 0.144 e. The number of nitrogens with zero attached hydrogens (tertiary/aromatic N) is 6. The summed E-state index contributed by atoms with van der Waals surface area (Å²) in [4.78, 5) is 14.1. The normalized spacial score (nSPS) is 17.2. The van der Waals surface area contributed by atoms with Gasteiger partial charge in [0.25, 0.3) is 0 Å². The molecule has 0 bridgehead atoms. The molecule has 4 heterocycles. The van der Waals surface area contributed by atoms with E-state index in [2.05, 4.69) is 86.7 Å². The summed E-state index contributed by atoms with van der Waals surface area (Å²) in [6, 6.07) is 12.9. The quantitative estimate of drug-likeness (QED) is 0.252. The van der Waals surface area contributed by atoms with Crippen LogP contribution in [-0.2, 0) is 0 Å². The van der Waals surface area contributed by atoms with Crippen LogP contribution >= 0.6 is 0 Å². The molecule has 0 aliphatic carbocycles. The van der Waals surface area contributed by atoms with E-state index >= 15 is 0 Å². The first kappa shape index (κ1) is 28.3. The van der Waals surface area contributed by atoms with Crippen molar-refractivity contribution < 1.29 is 4.74 Å². The van der Waals surface area contributed by atoms with Gasteiger partial charge in [0.2, 0.25) is 0 Å². The molecule has 9 heteroatoms. The number of benzene rings is 2. The summed E-state index contributed by atoms with van der Waals surface area (Å²) in [5.74, 6) is 3.23. The van der Waals surface area contributed by atoms with Gasteiger partial charge in [-0.15, -0.1) is 0 Å². The van der Waals surface area contributed by atoms with Crippen molar-refractivity contribution >= 4 is 33.8 Å². The van der Waals surface area contributed by atoms with Crippen LogP contribution in [0.25, 0.3) is 22.2 Å². The largest absolute Gasteiger partial charge is 0.494 e. The smallest absolute Gasteiger partial charge is 0.144 e. The van der Waals surface area contributed by atoms with E-state index in [0.717, 1.165) is 64.2 Å². The lowest BCUT2D eigenvalue weighted by Gasteiger charge is -2.40. The Hall–Kier alpha value is -3.85. The molecule has 2 aromatic heterocycles. The summed E-state index contributed by atoms with van der Waals surface area (Å²) in [7, 11) is 5.96. The second-order valence-electron chi connectivity index (χ2n) is 12.2. The average Bonchev–Trinajstić information content (AvgIpc) is 3.45. The Balaban J connectivity index is 1.19. The van der Waals surface area contributed by atoms with Gasteiger partial charge in [-0.05, 0) is 89.7 Å². The number of fused-ring (bicyclic) bond motifs is 1. The number of hydrogen-bond donors (Lipinski definition) is 2. The zero-order valence-corrected chi connectivity index (χ0v) is 25.6. The fourth-order valence-corrected chi connectivity index (χ4v) is 6.75. The molecule has 222 valence electrons. The van der Waals surface area contributed by atoms with Gasteiger partial charge in [0, 0.05) is 49.3 Å². The highest BCUT2D eigenvalue weighted by molar-refractivity contribution is 5.85. The Morgan fingerprint density at radius 3 is 2.33 bits per heavy atom. The van der Waals surface area contributed by atoms with Crippen molar-refractivity contribution in [3.05, 3.63) is 48.9 Å². The predicted molar refractivity (Wildman–Crippen MR) is 172 cm³/mol. The molecule has 2 saturated heterocycles. The van der Waals surface area contributed by atoms with E-state index in [9.17, 15) is 0 Å². The van der Waals surface area contributed by atoms with Crippen LogP contribution in [0.4, 0.5) is 22.9 Å². The standard InChI is InChI=1S/C33H44N8O/c1-22(2)41-30-7-6-25(16-26(30)20-37-41)27-18-33(36-21-35-27)38-29-17-28(34-3)31(19-32(29)42-5)40-14-10-24(11-15-40)23-8-12-39(4)13-9-23/h6-7,16-24,34H,8-15H2,1-5H3,(H,35,36,38). The minimum atomic E-state index is 0.308. The van der Waals surface area contributed by atoms with Gasteiger partial charge in [-0.25, -0.2) is 9.97 Å². The summed E-state index contributed by atoms with van der Waals surface area (Å²) in [6.45, 7) is 8.93. The Labute approximate surface area is 249 Å². The van der Waals surface area contributed by atoms with Crippen molar-refractivity contribution in [1.29, 1.82) is 0 Å². The van der Waals surface area contributed by atoms with E-state index in [-0.39, 0.29) is 0 Å². The van der Waals surface area contributed by atoms with Gasteiger partial charge in [0.05, 0.1) is 41.6 Å². The summed E-state index contributed by atoms with van der Waals surface area (Å²) in [5, 5.41) is 12.6. The average molecular weight is 569 g/mol. The van der Waals surface area contributed by atoms with Crippen molar-refractivity contribution in [3.63, 3.8) is 0 Å². The molecule has 2 N–H and O–H groups in total. The number of methoxy groups -OCH3 is 1. The molecule has 2 aromatic carbocycles. The van der Waals surface area contributed by atoms with Crippen LogP contribution in [0.1, 0.15) is 45.6 Å². The van der Waals surface area contributed by atoms with Crippen molar-refractivity contribution in [2.45, 2.75) is 45.6 Å². The summed E-state index contributed by atoms with van der Waals surface area (Å²) >= 11 is 0. The molecule has 0 radical (unpaired) electrons. The van der Waals surface area contributed by atoms with Crippen LogP contribution in [0.2, 0.25) is 0 Å². The molecule has 2 aliphatic rings. The number of ether oxygens (including phenoxy) is 1. The van der Waals surface area contributed by atoms with Crippen molar-refractivity contribution in [2.24, 2.45) is 11.8 Å². The fraction of sp³-hybridized carbons (Fsp3) is 0.485. The van der Waals surface area contributed by atoms with E-state index in [1.807, 2.05) is 24.0 Å². The van der Waals surface area contributed by atoms with Gasteiger partial charge in [-0.1, -0.05) is 6.07 Å². The summed E-state index contributed by atoms with van der Waals surface area (Å²) in [5.41, 5.74) is 6.14. The van der Waals surface area contributed by atoms with Crippen LogP contribution in [0.5, 0.6) is 5.75 Å². The zero-order valence-electron chi connectivity index (χ0n) is 25.6. The van der Waals surface area contributed by atoms with Gasteiger partial charge < -0.3 is 25.2 Å². The number of rotatable bonds is 8. The molecular formula is C33H44N8O. The Morgan fingerprint density at radius 1 is 0.905 bits per heavy atom. The van der Waals surface area contributed by atoms with Crippen LogP contribution in [-0.4, -0.2) is 72.0 Å². The van der Waals surface area contributed by atoms with Crippen LogP contribution in [0, 0.1) is 11.8 Å². The highest BCUT2D eigenvalue weighted by Crippen LogP contribution is 2.41. The Kier molecular flexibility index (Phi) is 8.20. The van der Waals surface area contributed by atoms with Gasteiger partial charge >= 0.3 is 0 Å². The van der Waals surface area contributed by atoms with Gasteiger partial charge in [0.15, 0.2) is 0 Å². The van der Waals surface area contributed by atoms with E-state index < -0.39 is 0 Å². The molecule has 0 atom stereocenters. The summed E-state index contributed by atoms with van der Waals surface area (Å²) in [6.07, 6.45) is 8.73. The second kappa shape index (κ2) is 12.2. The van der Waals surface area contributed by atoms with Crippen LogP contribution in [0.15, 0.2) is 48.9 Å². The first-order valence-electron chi connectivity index (χ1n) is 15.3. The maximum atomic E-state index is 5.89. The molecule has 0 spiro atoms. The lowest BCUT2D eigenvalue weighted by atomic mass is 9.79. The number of likely N-dealkylation sites (tertiary alicyclic amines) is 1. The van der Waals surface area contributed by atoms with Gasteiger partial charge in [-0.2, -0.15) is 5.10 Å². The Bertz CT molecular complexity index is 1520. The van der Waals surface area contributed by atoms with E-state index in [0.29, 0.717) is 11.9 Å². The van der Waals surface area contributed by atoms with Crippen molar-refractivity contribution in [1.82, 2.24) is 24.6 Å². The molecule has 9 nitrogen and oxygen atoms in total. The van der Waals surface area contributed by atoms with E-state index in [1.54, 1.807) is 13.4 Å². The molecule has 2 aliphatic heterocycles. The minimum absolute atomic E-state index is 0.308. The van der Waals surface area contributed by atoms with Gasteiger partial charge in [-0.3, -0.25) is 4.68 Å². The molecule has 2 fully saturated rings. The number of piperidine rings is 2. The fourth-order valence-electron chi connectivity index (χ4n) is 6.75. The molecule has 6 rings (SSSR count). The number of anilines is 4. The molecule has 0 saturated carbocycles. The highest BCUT2D eigenvalue weighted by atomic mass is 16.5. The van der Waals surface area contributed by atoms with E-state index in [4.69, 9.17) is 4.74 Å². The predicted octanol–water partition coefficient (Wildman–Crippen LogP) is 6.43. The molecule has 4 aromatic rings. The molecule has 42 heavy (non-hydrogen) atoms. The number of aromatic nitrogens is 4. The SMILES string of the molecule is CNc1cc(Nc2cc(-c3ccc4c(cnn4C(C)C)c3)ncn2)c(OC)cc1N1CCC(C2CCN(C)CC2)CC1. The van der Waals surface area contributed by atoms with Crippen molar-refractivity contribution in [3.8, 4) is 17.0 Å². The first-order chi connectivity index (χ1) is 20.4. The zero-order chi connectivity index (χ0) is 29.2. The minimum Gasteiger partial charge on any atom is -0.494 e. The lowest BCUT2D eigenvalue weighted by Crippen LogP contribution is -2.40. The second-order valence-corrected chi connectivity index (χ2v) is 12.2. The molecule has 0 unspecified atom stereocenters. The third-order valence-corrected chi connectivity index (χ3v) is 9.21. The molecule has 0 amide bonds. The number of nitrogens with one attached hydrogen (secondary N) is 2. The lowest BCUT2D eigenvalue weighted by molar-refractivity contribution is 0.154. The monoisotopic (exact) mass is 568 g/mol. The first-order valence-corrected chi connectivity index (χ1v) is 15.3. The maximum absolute atomic E-state index is 5.89. The Morgan fingerprint density at radius 2 is 1.64 bits per heavy atom. The highest BCUT2D eigenvalue weighted by Gasteiger charge is 2.30.